The van der Waals surface area contributed by atoms with Gasteiger partial charge in [0.2, 0.25) is 0 Å². The minimum absolute atomic E-state index is 0.0538. The van der Waals surface area contributed by atoms with Crippen LogP contribution in [0.1, 0.15) is 105 Å². The van der Waals surface area contributed by atoms with E-state index in [2.05, 4.69) is 35.5 Å². The van der Waals surface area contributed by atoms with Gasteiger partial charge in [0.25, 0.3) is 0 Å². The van der Waals surface area contributed by atoms with Gasteiger partial charge in [0.05, 0.1) is 7.11 Å². The maximum Gasteiger partial charge on any atom is 0.305 e. The normalized spacial score (nSPS) is 51.5. The van der Waals surface area contributed by atoms with E-state index < -0.39 is 5.50 Å². The number of hydrogen-bond donors (Lipinski definition) is 1. The van der Waals surface area contributed by atoms with Crippen LogP contribution in [0.3, 0.4) is 0 Å². The highest BCUT2D eigenvalue weighted by molar-refractivity contribution is 6.14. The molecule has 0 spiro atoms. The number of carbonyl (C=O) groups excluding carboxylic acids is 1. The van der Waals surface area contributed by atoms with E-state index in [-0.39, 0.29) is 11.4 Å². The van der Waals surface area contributed by atoms with E-state index in [0.29, 0.717) is 17.3 Å². The van der Waals surface area contributed by atoms with Crippen molar-refractivity contribution >= 4 is 13.8 Å². The van der Waals surface area contributed by atoms with Crippen LogP contribution in [0, 0.1) is 45.8 Å². The van der Waals surface area contributed by atoms with Crippen molar-refractivity contribution in [2.24, 2.45) is 45.8 Å². The van der Waals surface area contributed by atoms with Gasteiger partial charge in [-0.2, -0.15) is 0 Å². The van der Waals surface area contributed by atoms with Crippen LogP contribution < -0.4 is 0 Å². The lowest BCUT2D eigenvalue weighted by atomic mass is 9.35. The van der Waals surface area contributed by atoms with Crippen LogP contribution in [-0.4, -0.2) is 31.5 Å². The van der Waals surface area contributed by atoms with Gasteiger partial charge in [-0.25, -0.2) is 0 Å². The van der Waals surface area contributed by atoms with E-state index in [1.54, 1.807) is 0 Å². The number of rotatable bonds is 5. The molecular weight excluding hydrogens is 383 g/mol. The highest BCUT2D eigenvalue weighted by atomic mass is 16.5. The van der Waals surface area contributed by atoms with E-state index in [1.165, 1.54) is 58.5 Å². The molecular formula is C27H47BO3. The SMILES string of the molecule is BC1(O)CCC2(C)[C@H]3CCC4(C)C(CCCC(=O)OC)CCC4C3C[C@H](CC)C2(C)C1. The Morgan fingerprint density at radius 3 is 2.45 bits per heavy atom. The Kier molecular flexibility index (Phi) is 6.15. The smallest absolute Gasteiger partial charge is 0.305 e. The zero-order chi connectivity index (χ0) is 22.7. The van der Waals surface area contributed by atoms with Crippen LogP contribution in [0.4, 0.5) is 0 Å². The Bertz CT molecular complexity index is 692. The molecule has 176 valence electrons. The summed E-state index contributed by atoms with van der Waals surface area (Å²) in [6.07, 6.45) is 14.0. The Hall–Kier alpha value is -0.505. The van der Waals surface area contributed by atoms with E-state index in [0.717, 1.165) is 48.9 Å². The molecule has 0 bridgehead atoms. The van der Waals surface area contributed by atoms with Crippen molar-refractivity contribution in [1.82, 2.24) is 0 Å². The highest BCUT2D eigenvalue weighted by Crippen LogP contribution is 2.73. The Balaban J connectivity index is 1.56. The molecule has 1 N–H and O–H groups in total. The molecule has 4 heteroatoms. The second-order valence-corrected chi connectivity index (χ2v) is 13.0. The predicted molar refractivity (Wildman–Crippen MR) is 128 cm³/mol. The van der Waals surface area contributed by atoms with Gasteiger partial charge < -0.3 is 9.84 Å². The largest absolute Gasteiger partial charge is 0.469 e. The van der Waals surface area contributed by atoms with Crippen LogP contribution in [0.25, 0.3) is 0 Å². The number of ether oxygens (including phenoxy) is 1. The second kappa shape index (κ2) is 8.06. The number of fused-ring (bicyclic) bond motifs is 5. The maximum absolute atomic E-state index is 11.6. The van der Waals surface area contributed by atoms with Crippen molar-refractivity contribution in [3.8, 4) is 0 Å². The molecule has 0 aromatic carbocycles. The Morgan fingerprint density at radius 1 is 1.03 bits per heavy atom. The molecule has 4 aliphatic rings. The fraction of sp³-hybridized carbons (Fsp3) is 0.963. The predicted octanol–water partition coefficient (Wildman–Crippen LogP) is 5.34. The summed E-state index contributed by atoms with van der Waals surface area (Å²) in [5.41, 5.74) is 0.593. The highest BCUT2D eigenvalue weighted by Gasteiger charge is 2.66. The number of aliphatic hydroxyl groups is 1. The summed E-state index contributed by atoms with van der Waals surface area (Å²) >= 11 is 0. The van der Waals surface area contributed by atoms with Gasteiger partial charge in [-0.1, -0.05) is 34.1 Å². The minimum atomic E-state index is -0.490. The molecule has 31 heavy (non-hydrogen) atoms. The van der Waals surface area contributed by atoms with Gasteiger partial charge in [-0.15, -0.1) is 0 Å². The third-order valence-electron chi connectivity index (χ3n) is 11.8. The van der Waals surface area contributed by atoms with Gasteiger partial charge >= 0.3 is 5.97 Å². The van der Waals surface area contributed by atoms with Gasteiger partial charge in [0.15, 0.2) is 0 Å². The zero-order valence-corrected chi connectivity index (χ0v) is 21.1. The number of hydrogen-bond acceptors (Lipinski definition) is 3. The topological polar surface area (TPSA) is 46.5 Å². The Labute approximate surface area is 191 Å². The van der Waals surface area contributed by atoms with E-state index in [1.807, 2.05) is 0 Å². The second-order valence-electron chi connectivity index (χ2n) is 13.0. The van der Waals surface area contributed by atoms with Gasteiger partial charge in [-0.3, -0.25) is 4.79 Å². The van der Waals surface area contributed by atoms with Crippen molar-refractivity contribution in [2.45, 2.75) is 110 Å². The molecule has 0 radical (unpaired) electrons. The lowest BCUT2D eigenvalue weighted by Crippen LogP contribution is -2.63. The number of carbonyl (C=O) groups is 1. The van der Waals surface area contributed by atoms with Crippen LogP contribution >= 0.6 is 0 Å². The number of esters is 1. The van der Waals surface area contributed by atoms with Crippen molar-refractivity contribution < 1.29 is 14.6 Å². The first kappa shape index (κ1) is 23.6. The molecule has 7 unspecified atom stereocenters. The average molecular weight is 430 g/mol. The lowest BCUT2D eigenvalue weighted by molar-refractivity contribution is -0.205. The first-order valence-corrected chi connectivity index (χ1v) is 13.3. The van der Waals surface area contributed by atoms with Crippen LogP contribution in [-0.2, 0) is 9.53 Å². The average Bonchev–Trinajstić information content (AvgIpc) is 3.04. The third kappa shape index (κ3) is 3.62. The molecule has 0 aromatic rings. The fourth-order valence-corrected chi connectivity index (χ4v) is 9.91. The summed E-state index contributed by atoms with van der Waals surface area (Å²) in [5, 5.41) is 11.0. The summed E-state index contributed by atoms with van der Waals surface area (Å²) in [6, 6.07) is 0. The van der Waals surface area contributed by atoms with E-state index >= 15 is 0 Å². The molecule has 4 rings (SSSR count). The summed E-state index contributed by atoms with van der Waals surface area (Å²) in [5.74, 6) is 3.98. The molecule has 0 aromatic heterocycles. The molecule has 4 fully saturated rings. The standard InChI is InChI=1S/C27H47BO3/c1-6-18-16-20-21-11-10-19(8-7-9-23(29)31-5)24(21,2)13-12-22(20)25(3)14-15-27(28,30)17-26(18,25)4/h18-22,30H,6-17,28H2,1-5H3/t18-,19?,20?,21?,22-,24?,25?,26?,27?/m0/s1. The van der Waals surface area contributed by atoms with Gasteiger partial charge in [0.1, 0.15) is 7.85 Å². The Morgan fingerprint density at radius 2 is 1.77 bits per heavy atom. The summed E-state index contributed by atoms with van der Waals surface area (Å²) in [7, 11) is 3.59. The molecule has 0 amide bonds. The van der Waals surface area contributed by atoms with Crippen LogP contribution in [0.5, 0.6) is 0 Å². The summed E-state index contributed by atoms with van der Waals surface area (Å²) < 4.78 is 4.87. The van der Waals surface area contributed by atoms with Crippen LogP contribution in [0.2, 0.25) is 0 Å². The molecule has 0 heterocycles. The van der Waals surface area contributed by atoms with Crippen molar-refractivity contribution in [2.75, 3.05) is 7.11 Å². The van der Waals surface area contributed by atoms with Crippen molar-refractivity contribution in [3.63, 3.8) is 0 Å². The monoisotopic (exact) mass is 430 g/mol. The molecule has 9 atom stereocenters. The molecule has 4 aliphatic carbocycles. The van der Waals surface area contributed by atoms with Crippen LogP contribution in [0.15, 0.2) is 0 Å². The van der Waals surface area contributed by atoms with Crippen molar-refractivity contribution in [1.29, 1.82) is 0 Å². The maximum atomic E-state index is 11.6. The molecule has 0 aliphatic heterocycles. The number of methoxy groups -OCH3 is 1. The zero-order valence-electron chi connectivity index (χ0n) is 21.1. The lowest BCUT2D eigenvalue weighted by Gasteiger charge is -2.69. The van der Waals surface area contributed by atoms with Crippen molar-refractivity contribution in [3.05, 3.63) is 0 Å². The summed E-state index contributed by atoms with van der Waals surface area (Å²) in [4.78, 5) is 11.6. The minimum Gasteiger partial charge on any atom is -0.469 e. The first-order chi connectivity index (χ1) is 14.5. The first-order valence-electron chi connectivity index (χ1n) is 13.3. The van der Waals surface area contributed by atoms with E-state index in [4.69, 9.17) is 4.74 Å². The fourth-order valence-electron chi connectivity index (χ4n) is 9.91. The van der Waals surface area contributed by atoms with Gasteiger partial charge in [0, 0.05) is 11.9 Å². The van der Waals surface area contributed by atoms with E-state index in [9.17, 15) is 9.90 Å². The van der Waals surface area contributed by atoms with Gasteiger partial charge in [-0.05, 0) is 110 Å². The molecule has 0 saturated heterocycles. The molecule has 3 nitrogen and oxygen atoms in total. The third-order valence-corrected chi connectivity index (χ3v) is 11.8. The summed E-state index contributed by atoms with van der Waals surface area (Å²) in [6.45, 7) is 10.2. The quantitative estimate of drug-likeness (QED) is 0.473. The molecule has 4 saturated carbocycles.